The Labute approximate surface area is 112 Å². The summed E-state index contributed by atoms with van der Waals surface area (Å²) in [6.45, 7) is 3.10. The summed E-state index contributed by atoms with van der Waals surface area (Å²) in [4.78, 5) is 4.51. The molecular formula is C13H19N5O. The zero-order valence-electron chi connectivity index (χ0n) is 11.3. The van der Waals surface area contributed by atoms with Crippen LogP contribution < -0.4 is 5.32 Å². The zero-order chi connectivity index (χ0) is 13.2. The number of hydrogen-bond acceptors (Lipinski definition) is 5. The standard InChI is InChI=1S/C13H19N5O/c1-3-14-10-6-4-5-9(10)13-15-12(17-19-13)11-7-8-18(2)16-11/h7-10,14H,3-6H2,1-2H3. The van der Waals surface area contributed by atoms with Gasteiger partial charge in [-0.2, -0.15) is 10.1 Å². The van der Waals surface area contributed by atoms with Gasteiger partial charge in [0.25, 0.3) is 0 Å². The Morgan fingerprint density at radius 2 is 2.37 bits per heavy atom. The van der Waals surface area contributed by atoms with Gasteiger partial charge < -0.3 is 9.84 Å². The summed E-state index contributed by atoms with van der Waals surface area (Å²) in [5.74, 6) is 1.66. The first kappa shape index (κ1) is 12.3. The fourth-order valence-electron chi connectivity index (χ4n) is 2.79. The normalized spacial score (nSPS) is 23.1. The lowest BCUT2D eigenvalue weighted by Gasteiger charge is -2.16. The van der Waals surface area contributed by atoms with Gasteiger partial charge in [-0.25, -0.2) is 0 Å². The molecule has 2 heterocycles. The number of nitrogens with one attached hydrogen (secondary N) is 1. The molecule has 1 saturated carbocycles. The van der Waals surface area contributed by atoms with E-state index >= 15 is 0 Å². The summed E-state index contributed by atoms with van der Waals surface area (Å²) in [6, 6.07) is 2.35. The second kappa shape index (κ2) is 5.13. The van der Waals surface area contributed by atoms with Crippen molar-refractivity contribution in [3.8, 4) is 11.5 Å². The molecule has 1 aliphatic rings. The van der Waals surface area contributed by atoms with Gasteiger partial charge in [-0.1, -0.05) is 18.5 Å². The molecule has 1 fully saturated rings. The predicted molar refractivity (Wildman–Crippen MR) is 70.6 cm³/mol. The number of nitrogens with zero attached hydrogens (tertiary/aromatic N) is 4. The van der Waals surface area contributed by atoms with Crippen molar-refractivity contribution in [1.29, 1.82) is 0 Å². The first-order valence-corrected chi connectivity index (χ1v) is 6.85. The van der Waals surface area contributed by atoms with E-state index in [1.54, 1.807) is 4.68 Å². The van der Waals surface area contributed by atoms with Gasteiger partial charge in [0.15, 0.2) is 0 Å². The number of rotatable bonds is 4. The summed E-state index contributed by atoms with van der Waals surface area (Å²) in [5.41, 5.74) is 0.760. The van der Waals surface area contributed by atoms with Gasteiger partial charge in [-0.3, -0.25) is 4.68 Å². The highest BCUT2D eigenvalue weighted by molar-refractivity contribution is 5.46. The molecule has 2 aromatic rings. The smallest absolute Gasteiger partial charge is 0.231 e. The molecule has 2 unspecified atom stereocenters. The Balaban J connectivity index is 1.81. The molecule has 2 atom stereocenters. The minimum Gasteiger partial charge on any atom is -0.339 e. The molecule has 3 rings (SSSR count). The van der Waals surface area contributed by atoms with Crippen LogP contribution in [0.4, 0.5) is 0 Å². The lowest BCUT2D eigenvalue weighted by Crippen LogP contribution is -2.31. The highest BCUT2D eigenvalue weighted by atomic mass is 16.5. The molecule has 102 valence electrons. The maximum absolute atomic E-state index is 5.44. The molecule has 1 N–H and O–H groups in total. The van der Waals surface area contributed by atoms with E-state index in [-0.39, 0.29) is 0 Å². The number of aromatic nitrogens is 4. The Kier molecular flexibility index (Phi) is 3.33. The van der Waals surface area contributed by atoms with E-state index in [9.17, 15) is 0 Å². The molecule has 0 aromatic carbocycles. The van der Waals surface area contributed by atoms with E-state index in [0.717, 1.165) is 24.6 Å². The second-order valence-corrected chi connectivity index (χ2v) is 5.03. The maximum Gasteiger partial charge on any atom is 0.231 e. The van der Waals surface area contributed by atoms with E-state index in [2.05, 4.69) is 27.5 Å². The van der Waals surface area contributed by atoms with E-state index in [1.807, 2.05) is 19.3 Å². The fraction of sp³-hybridized carbons (Fsp3) is 0.615. The van der Waals surface area contributed by atoms with Crippen molar-refractivity contribution in [2.75, 3.05) is 6.54 Å². The summed E-state index contributed by atoms with van der Waals surface area (Å²) in [6.07, 6.45) is 5.38. The molecular weight excluding hydrogens is 242 g/mol. The predicted octanol–water partition coefficient (Wildman–Crippen LogP) is 1.72. The van der Waals surface area contributed by atoms with E-state index in [0.29, 0.717) is 17.8 Å². The van der Waals surface area contributed by atoms with Crippen LogP contribution >= 0.6 is 0 Å². The third-order valence-corrected chi connectivity index (χ3v) is 3.68. The van der Waals surface area contributed by atoms with Gasteiger partial charge in [0.1, 0.15) is 5.69 Å². The summed E-state index contributed by atoms with van der Waals surface area (Å²) in [5, 5.41) is 11.8. The van der Waals surface area contributed by atoms with E-state index < -0.39 is 0 Å². The first-order chi connectivity index (χ1) is 9.28. The summed E-state index contributed by atoms with van der Waals surface area (Å²) >= 11 is 0. The minimum absolute atomic E-state index is 0.338. The average molecular weight is 261 g/mol. The van der Waals surface area contributed by atoms with Crippen molar-refractivity contribution in [2.45, 2.75) is 38.1 Å². The zero-order valence-corrected chi connectivity index (χ0v) is 11.3. The van der Waals surface area contributed by atoms with Crippen LogP contribution in [0.25, 0.3) is 11.5 Å². The fourth-order valence-corrected chi connectivity index (χ4v) is 2.79. The number of likely N-dealkylation sites (N-methyl/N-ethyl adjacent to an activating group) is 1. The van der Waals surface area contributed by atoms with Gasteiger partial charge in [-0.05, 0) is 25.5 Å². The molecule has 0 amide bonds. The van der Waals surface area contributed by atoms with Gasteiger partial charge in [0.2, 0.25) is 11.7 Å². The highest BCUT2D eigenvalue weighted by Gasteiger charge is 2.32. The topological polar surface area (TPSA) is 68.8 Å². The van der Waals surface area contributed by atoms with Crippen molar-refractivity contribution >= 4 is 0 Å². The van der Waals surface area contributed by atoms with E-state index in [1.165, 1.54) is 12.8 Å². The molecule has 0 aliphatic heterocycles. The molecule has 1 aliphatic carbocycles. The van der Waals surface area contributed by atoms with Crippen LogP contribution in [0.1, 0.15) is 38.0 Å². The monoisotopic (exact) mass is 261 g/mol. The van der Waals surface area contributed by atoms with Crippen molar-refractivity contribution in [3.05, 3.63) is 18.2 Å². The molecule has 2 aromatic heterocycles. The van der Waals surface area contributed by atoms with Crippen LogP contribution in [0.15, 0.2) is 16.8 Å². The second-order valence-electron chi connectivity index (χ2n) is 5.03. The Bertz CT molecular complexity index is 547. The molecule has 6 nitrogen and oxygen atoms in total. The molecule has 0 spiro atoms. The van der Waals surface area contributed by atoms with Crippen LogP contribution in [0, 0.1) is 0 Å². The van der Waals surface area contributed by atoms with Crippen molar-refractivity contribution in [3.63, 3.8) is 0 Å². The van der Waals surface area contributed by atoms with Crippen LogP contribution in [-0.2, 0) is 7.05 Å². The van der Waals surface area contributed by atoms with Gasteiger partial charge in [-0.15, -0.1) is 0 Å². The van der Waals surface area contributed by atoms with Crippen molar-refractivity contribution in [1.82, 2.24) is 25.2 Å². The van der Waals surface area contributed by atoms with Crippen LogP contribution in [-0.4, -0.2) is 32.5 Å². The first-order valence-electron chi connectivity index (χ1n) is 6.85. The molecule has 0 radical (unpaired) electrons. The third-order valence-electron chi connectivity index (χ3n) is 3.68. The Hall–Kier alpha value is -1.69. The van der Waals surface area contributed by atoms with Crippen LogP contribution in [0.2, 0.25) is 0 Å². The quantitative estimate of drug-likeness (QED) is 0.907. The SMILES string of the molecule is CCNC1CCCC1c1nc(-c2ccn(C)n2)no1. The Morgan fingerprint density at radius 1 is 1.47 bits per heavy atom. The van der Waals surface area contributed by atoms with Crippen LogP contribution in [0.5, 0.6) is 0 Å². The highest BCUT2D eigenvalue weighted by Crippen LogP contribution is 2.34. The maximum atomic E-state index is 5.44. The largest absolute Gasteiger partial charge is 0.339 e. The summed E-state index contributed by atoms with van der Waals surface area (Å²) < 4.78 is 7.18. The van der Waals surface area contributed by atoms with Gasteiger partial charge in [0, 0.05) is 19.3 Å². The lowest BCUT2D eigenvalue weighted by molar-refractivity contribution is 0.332. The summed E-state index contributed by atoms with van der Waals surface area (Å²) in [7, 11) is 1.88. The van der Waals surface area contributed by atoms with E-state index in [4.69, 9.17) is 4.52 Å². The number of aryl methyl sites for hydroxylation is 1. The molecule has 0 saturated heterocycles. The molecule has 0 bridgehead atoms. The average Bonchev–Trinajstić information content (AvgIpc) is 3.07. The Morgan fingerprint density at radius 3 is 3.11 bits per heavy atom. The van der Waals surface area contributed by atoms with Crippen molar-refractivity contribution in [2.24, 2.45) is 7.05 Å². The van der Waals surface area contributed by atoms with Crippen molar-refractivity contribution < 1.29 is 4.52 Å². The molecule has 6 heteroatoms. The van der Waals surface area contributed by atoms with Gasteiger partial charge >= 0.3 is 0 Å². The number of hydrogen-bond donors (Lipinski definition) is 1. The molecule has 19 heavy (non-hydrogen) atoms. The van der Waals surface area contributed by atoms with Gasteiger partial charge in [0.05, 0.1) is 5.92 Å². The third kappa shape index (κ3) is 2.40. The minimum atomic E-state index is 0.338. The van der Waals surface area contributed by atoms with Crippen LogP contribution in [0.3, 0.4) is 0 Å². The lowest BCUT2D eigenvalue weighted by atomic mass is 10.0.